The summed E-state index contributed by atoms with van der Waals surface area (Å²) in [6.45, 7) is 0. The zero-order valence-electron chi connectivity index (χ0n) is 12.2. The molecule has 0 aromatic heterocycles. The maximum atomic E-state index is 11.9. The van der Waals surface area contributed by atoms with Gasteiger partial charge >= 0.3 is 0 Å². The number of anilines is 1. The van der Waals surface area contributed by atoms with E-state index in [0.717, 1.165) is 28.4 Å². The Morgan fingerprint density at radius 1 is 1.09 bits per heavy atom. The standard InChI is InChI=1S/C18H16N2O2/c1-22-15-10-7-13(8-11-15)6-9-14-12-18(21)20-17-5-3-2-4-16(17)19-14/h2-11H,12H2,1H3,(H,20,21). The highest BCUT2D eigenvalue weighted by molar-refractivity contribution is 6.15. The number of aliphatic imine (C=N–C) groups is 1. The summed E-state index contributed by atoms with van der Waals surface area (Å²) in [5.41, 5.74) is 3.29. The highest BCUT2D eigenvalue weighted by Gasteiger charge is 2.13. The van der Waals surface area contributed by atoms with Crippen molar-refractivity contribution in [2.45, 2.75) is 6.42 Å². The van der Waals surface area contributed by atoms with Crippen LogP contribution in [0.5, 0.6) is 5.75 Å². The third-order valence-corrected chi connectivity index (χ3v) is 3.37. The predicted molar refractivity (Wildman–Crippen MR) is 88.8 cm³/mol. The maximum Gasteiger partial charge on any atom is 0.230 e. The Hall–Kier alpha value is -2.88. The average molecular weight is 292 g/mol. The molecule has 0 fully saturated rings. The molecular formula is C18H16N2O2. The number of allylic oxidation sites excluding steroid dienone is 1. The molecule has 0 saturated carbocycles. The molecule has 22 heavy (non-hydrogen) atoms. The van der Waals surface area contributed by atoms with Gasteiger partial charge in [-0.05, 0) is 35.9 Å². The van der Waals surface area contributed by atoms with Crippen molar-refractivity contribution in [3.8, 4) is 5.75 Å². The molecule has 1 aliphatic rings. The molecule has 4 nitrogen and oxygen atoms in total. The van der Waals surface area contributed by atoms with Crippen LogP contribution in [0.3, 0.4) is 0 Å². The zero-order chi connectivity index (χ0) is 15.4. The molecule has 0 bridgehead atoms. The summed E-state index contributed by atoms with van der Waals surface area (Å²) in [6.07, 6.45) is 4.09. The Bertz CT molecular complexity index is 746. The number of carbonyl (C=O) groups excluding carboxylic acids is 1. The number of carbonyl (C=O) groups is 1. The fourth-order valence-electron chi connectivity index (χ4n) is 2.23. The number of nitrogens with one attached hydrogen (secondary N) is 1. The van der Waals surface area contributed by atoms with Gasteiger partial charge in [-0.1, -0.05) is 30.3 Å². The third kappa shape index (κ3) is 3.23. The second-order valence-corrected chi connectivity index (χ2v) is 4.95. The predicted octanol–water partition coefficient (Wildman–Crippen LogP) is 3.82. The van der Waals surface area contributed by atoms with E-state index in [0.29, 0.717) is 0 Å². The van der Waals surface area contributed by atoms with Gasteiger partial charge in [-0.25, -0.2) is 0 Å². The van der Waals surface area contributed by atoms with Gasteiger partial charge in [-0.15, -0.1) is 0 Å². The topological polar surface area (TPSA) is 50.7 Å². The number of amides is 1. The average Bonchev–Trinajstić information content (AvgIpc) is 2.71. The number of methoxy groups -OCH3 is 1. The van der Waals surface area contributed by atoms with E-state index in [9.17, 15) is 4.79 Å². The van der Waals surface area contributed by atoms with Crippen LogP contribution < -0.4 is 10.1 Å². The minimum Gasteiger partial charge on any atom is -0.497 e. The van der Waals surface area contributed by atoms with Crippen molar-refractivity contribution >= 4 is 29.1 Å². The van der Waals surface area contributed by atoms with Crippen LogP contribution in [0.15, 0.2) is 59.6 Å². The van der Waals surface area contributed by atoms with E-state index in [-0.39, 0.29) is 12.3 Å². The van der Waals surface area contributed by atoms with Gasteiger partial charge in [0.1, 0.15) is 5.75 Å². The van der Waals surface area contributed by atoms with Crippen molar-refractivity contribution in [1.29, 1.82) is 0 Å². The number of hydrogen-bond acceptors (Lipinski definition) is 3. The highest BCUT2D eigenvalue weighted by atomic mass is 16.5. The van der Waals surface area contributed by atoms with Gasteiger partial charge in [0.15, 0.2) is 0 Å². The molecule has 0 atom stereocenters. The van der Waals surface area contributed by atoms with Gasteiger partial charge in [0.25, 0.3) is 0 Å². The van der Waals surface area contributed by atoms with Gasteiger partial charge in [0.2, 0.25) is 5.91 Å². The molecular weight excluding hydrogens is 276 g/mol. The second kappa shape index (κ2) is 6.26. The van der Waals surface area contributed by atoms with E-state index < -0.39 is 0 Å². The van der Waals surface area contributed by atoms with Crippen LogP contribution in [-0.4, -0.2) is 18.7 Å². The monoisotopic (exact) mass is 292 g/mol. The summed E-state index contributed by atoms with van der Waals surface area (Å²) in [5.74, 6) is 0.764. The normalized spacial score (nSPS) is 14.0. The molecule has 1 N–H and O–H groups in total. The fourth-order valence-corrected chi connectivity index (χ4v) is 2.23. The van der Waals surface area contributed by atoms with Gasteiger partial charge in [0.05, 0.1) is 30.6 Å². The summed E-state index contributed by atoms with van der Waals surface area (Å²) in [5, 5.41) is 2.86. The number of para-hydroxylation sites is 2. The van der Waals surface area contributed by atoms with Crippen molar-refractivity contribution in [3.05, 3.63) is 60.2 Å². The summed E-state index contributed by atoms with van der Waals surface area (Å²) in [7, 11) is 1.64. The molecule has 110 valence electrons. The first-order chi connectivity index (χ1) is 10.7. The number of ether oxygens (including phenoxy) is 1. The van der Waals surface area contributed by atoms with E-state index in [1.165, 1.54) is 0 Å². The number of nitrogens with zero attached hydrogens (tertiary/aromatic N) is 1. The number of hydrogen-bond donors (Lipinski definition) is 1. The molecule has 0 aliphatic carbocycles. The van der Waals surface area contributed by atoms with Gasteiger partial charge in [0, 0.05) is 0 Å². The van der Waals surface area contributed by atoms with Gasteiger partial charge < -0.3 is 10.1 Å². The summed E-state index contributed by atoms with van der Waals surface area (Å²) in [6, 6.07) is 15.3. The summed E-state index contributed by atoms with van der Waals surface area (Å²) in [4.78, 5) is 16.5. The van der Waals surface area contributed by atoms with Crippen LogP contribution in [-0.2, 0) is 4.79 Å². The zero-order valence-corrected chi connectivity index (χ0v) is 12.2. The first-order valence-electron chi connectivity index (χ1n) is 7.03. The third-order valence-electron chi connectivity index (χ3n) is 3.37. The number of fused-ring (bicyclic) bond motifs is 1. The van der Waals surface area contributed by atoms with Crippen LogP contribution in [0.25, 0.3) is 6.08 Å². The lowest BCUT2D eigenvalue weighted by molar-refractivity contribution is -0.115. The molecule has 0 saturated heterocycles. The van der Waals surface area contributed by atoms with Gasteiger partial charge in [-0.2, -0.15) is 0 Å². The molecule has 2 aromatic rings. The minimum absolute atomic E-state index is 0.0527. The fraction of sp³-hybridized carbons (Fsp3) is 0.111. The van der Waals surface area contributed by atoms with E-state index in [4.69, 9.17) is 4.74 Å². The lowest BCUT2D eigenvalue weighted by Crippen LogP contribution is -2.13. The smallest absolute Gasteiger partial charge is 0.230 e. The molecule has 4 heteroatoms. The van der Waals surface area contributed by atoms with E-state index >= 15 is 0 Å². The first-order valence-corrected chi connectivity index (χ1v) is 7.03. The SMILES string of the molecule is COc1ccc(C=CC2=Nc3ccccc3NC(=O)C2)cc1. The van der Waals surface area contributed by atoms with Crippen LogP contribution in [0.1, 0.15) is 12.0 Å². The first kappa shape index (κ1) is 14.1. The van der Waals surface area contributed by atoms with Crippen LogP contribution >= 0.6 is 0 Å². The van der Waals surface area contributed by atoms with Crippen LogP contribution in [0.4, 0.5) is 11.4 Å². The van der Waals surface area contributed by atoms with Crippen molar-refractivity contribution < 1.29 is 9.53 Å². The lowest BCUT2D eigenvalue weighted by Gasteiger charge is -2.02. The summed E-state index contributed by atoms with van der Waals surface area (Å²) >= 11 is 0. The molecule has 1 heterocycles. The Labute approximate surface area is 129 Å². The molecule has 0 unspecified atom stereocenters. The summed E-state index contributed by atoms with van der Waals surface area (Å²) < 4.78 is 5.13. The lowest BCUT2D eigenvalue weighted by atomic mass is 10.1. The maximum absolute atomic E-state index is 11.9. The van der Waals surface area contributed by atoms with Crippen molar-refractivity contribution in [3.63, 3.8) is 0 Å². The molecule has 0 radical (unpaired) electrons. The number of rotatable bonds is 3. The molecule has 1 aliphatic heterocycles. The van der Waals surface area contributed by atoms with Crippen LogP contribution in [0.2, 0.25) is 0 Å². The quantitative estimate of drug-likeness (QED) is 0.934. The van der Waals surface area contributed by atoms with Crippen molar-refractivity contribution in [2.75, 3.05) is 12.4 Å². The van der Waals surface area contributed by atoms with Gasteiger partial charge in [-0.3, -0.25) is 9.79 Å². The largest absolute Gasteiger partial charge is 0.497 e. The molecule has 3 rings (SSSR count). The molecule has 1 amide bonds. The van der Waals surface area contributed by atoms with E-state index in [2.05, 4.69) is 10.3 Å². The Morgan fingerprint density at radius 3 is 2.64 bits per heavy atom. The molecule has 0 spiro atoms. The second-order valence-electron chi connectivity index (χ2n) is 4.95. The minimum atomic E-state index is -0.0527. The van der Waals surface area contributed by atoms with E-state index in [1.54, 1.807) is 7.11 Å². The molecule has 2 aromatic carbocycles. The Morgan fingerprint density at radius 2 is 1.86 bits per heavy atom. The Balaban J connectivity index is 1.85. The van der Waals surface area contributed by atoms with E-state index in [1.807, 2.05) is 60.7 Å². The number of benzene rings is 2. The highest BCUT2D eigenvalue weighted by Crippen LogP contribution is 2.27. The van der Waals surface area contributed by atoms with Crippen molar-refractivity contribution in [2.24, 2.45) is 4.99 Å². The Kier molecular flexibility index (Phi) is 4.01. The van der Waals surface area contributed by atoms with Crippen LogP contribution in [0, 0.1) is 0 Å². The van der Waals surface area contributed by atoms with Crippen molar-refractivity contribution in [1.82, 2.24) is 0 Å².